The molecule has 0 radical (unpaired) electrons. The van der Waals surface area contributed by atoms with Gasteiger partial charge in [0.1, 0.15) is 0 Å². The summed E-state index contributed by atoms with van der Waals surface area (Å²) in [4.78, 5) is 24.0. The number of anilines is 1. The number of unbranched alkanes of at least 4 members (excludes halogenated alkanes) is 7. The molecule has 158 valence electrons. The van der Waals surface area contributed by atoms with Crippen LogP contribution in [0.3, 0.4) is 0 Å². The molecule has 1 N–H and O–H groups in total. The first-order chi connectivity index (χ1) is 13.6. The number of hydrogen-bond acceptors (Lipinski definition) is 5. The molecule has 1 aromatic carbocycles. The number of hydrogen-bond donors (Lipinski definition) is 1. The van der Waals surface area contributed by atoms with Crippen LogP contribution in [0.5, 0.6) is 0 Å². The highest BCUT2D eigenvalue weighted by Crippen LogP contribution is 2.14. The van der Waals surface area contributed by atoms with Gasteiger partial charge in [-0.2, -0.15) is 0 Å². The fourth-order valence-electron chi connectivity index (χ4n) is 2.95. The monoisotopic (exact) mass is 391 g/mol. The van der Waals surface area contributed by atoms with Gasteiger partial charge in [-0.25, -0.2) is 9.59 Å². The van der Waals surface area contributed by atoms with Crippen molar-refractivity contribution in [2.45, 2.75) is 84.7 Å². The molecule has 28 heavy (non-hydrogen) atoms. The van der Waals surface area contributed by atoms with Gasteiger partial charge in [-0.15, -0.1) is 0 Å². The van der Waals surface area contributed by atoms with Crippen LogP contribution >= 0.6 is 0 Å². The molecule has 0 aliphatic heterocycles. The molecule has 5 heteroatoms. The van der Waals surface area contributed by atoms with Gasteiger partial charge >= 0.3 is 11.9 Å². The van der Waals surface area contributed by atoms with Crippen molar-refractivity contribution in [3.8, 4) is 0 Å². The fraction of sp³-hybridized carbons (Fsp3) is 0.652. The molecule has 0 spiro atoms. The maximum absolute atomic E-state index is 12.2. The normalized spacial score (nSPS) is 11.7. The van der Waals surface area contributed by atoms with Crippen molar-refractivity contribution in [3.05, 3.63) is 29.8 Å². The molecule has 1 atom stereocenters. The molecule has 0 aliphatic carbocycles. The number of ether oxygens (including phenoxy) is 2. The second kappa shape index (κ2) is 14.9. The Morgan fingerprint density at radius 2 is 1.50 bits per heavy atom. The van der Waals surface area contributed by atoms with Gasteiger partial charge in [0.25, 0.3) is 0 Å². The standard InChI is InChI=1S/C23H37NO4/c1-4-7-8-9-10-11-12-13-18-24-20-16-14-19(15-17-20)22(25)28-21(5-2)23(26)27-6-3/h14-17,21,24H,4-13,18H2,1-3H3. The van der Waals surface area contributed by atoms with Crippen LogP contribution in [0.1, 0.15) is 88.9 Å². The average molecular weight is 392 g/mol. The topological polar surface area (TPSA) is 64.6 Å². The zero-order valence-electron chi connectivity index (χ0n) is 17.8. The molecular weight excluding hydrogens is 354 g/mol. The Kier molecular flexibility index (Phi) is 12.8. The van der Waals surface area contributed by atoms with Gasteiger partial charge in [-0.3, -0.25) is 0 Å². The molecule has 0 saturated heterocycles. The summed E-state index contributed by atoms with van der Waals surface area (Å²) in [5.41, 5.74) is 1.41. The number of carbonyl (C=O) groups excluding carboxylic acids is 2. The van der Waals surface area contributed by atoms with E-state index in [4.69, 9.17) is 9.47 Å². The Morgan fingerprint density at radius 1 is 0.893 bits per heavy atom. The molecule has 0 heterocycles. The lowest BCUT2D eigenvalue weighted by atomic mass is 10.1. The lowest BCUT2D eigenvalue weighted by molar-refractivity contribution is -0.153. The van der Waals surface area contributed by atoms with E-state index < -0.39 is 18.0 Å². The summed E-state index contributed by atoms with van der Waals surface area (Å²) in [6.45, 7) is 6.96. The zero-order chi connectivity index (χ0) is 20.6. The molecule has 0 saturated carbocycles. The molecule has 0 bridgehead atoms. The smallest absolute Gasteiger partial charge is 0.347 e. The van der Waals surface area contributed by atoms with Gasteiger partial charge in [0.05, 0.1) is 12.2 Å². The van der Waals surface area contributed by atoms with E-state index in [9.17, 15) is 9.59 Å². The van der Waals surface area contributed by atoms with Crippen molar-refractivity contribution in [2.24, 2.45) is 0 Å². The molecular formula is C23H37NO4. The molecule has 0 amide bonds. The zero-order valence-corrected chi connectivity index (χ0v) is 17.8. The Bertz CT molecular complexity index is 556. The number of rotatable bonds is 15. The first-order valence-electron chi connectivity index (χ1n) is 10.8. The molecule has 1 aromatic rings. The van der Waals surface area contributed by atoms with E-state index in [0.29, 0.717) is 12.0 Å². The Morgan fingerprint density at radius 3 is 2.07 bits per heavy atom. The minimum absolute atomic E-state index is 0.270. The minimum atomic E-state index is -0.854. The maximum Gasteiger partial charge on any atom is 0.347 e. The maximum atomic E-state index is 12.2. The molecule has 1 rings (SSSR count). The summed E-state index contributed by atoms with van der Waals surface area (Å²) in [5.74, 6) is -1.00. The highest BCUT2D eigenvalue weighted by molar-refractivity contribution is 5.91. The van der Waals surface area contributed by atoms with Crippen molar-refractivity contribution < 1.29 is 19.1 Å². The van der Waals surface area contributed by atoms with Crippen molar-refractivity contribution in [2.75, 3.05) is 18.5 Å². The Balaban J connectivity index is 2.29. The van der Waals surface area contributed by atoms with E-state index in [-0.39, 0.29) is 6.61 Å². The van der Waals surface area contributed by atoms with E-state index in [2.05, 4.69) is 12.2 Å². The van der Waals surface area contributed by atoms with E-state index >= 15 is 0 Å². The van der Waals surface area contributed by atoms with Crippen molar-refractivity contribution in [1.29, 1.82) is 0 Å². The second-order valence-corrected chi connectivity index (χ2v) is 7.03. The first kappa shape index (κ1) is 24.0. The second-order valence-electron chi connectivity index (χ2n) is 7.03. The fourth-order valence-corrected chi connectivity index (χ4v) is 2.95. The van der Waals surface area contributed by atoms with Gasteiger partial charge < -0.3 is 14.8 Å². The lowest BCUT2D eigenvalue weighted by Gasteiger charge is -2.15. The molecule has 0 fully saturated rings. The third-order valence-corrected chi connectivity index (χ3v) is 4.65. The van der Waals surface area contributed by atoms with E-state index in [1.807, 2.05) is 12.1 Å². The highest BCUT2D eigenvalue weighted by atomic mass is 16.6. The van der Waals surface area contributed by atoms with E-state index in [1.54, 1.807) is 26.0 Å². The van der Waals surface area contributed by atoms with Gasteiger partial charge in [-0.1, -0.05) is 58.8 Å². The van der Waals surface area contributed by atoms with Crippen LogP contribution in [0.4, 0.5) is 5.69 Å². The Labute approximate surface area is 170 Å². The average Bonchev–Trinajstić information content (AvgIpc) is 2.71. The Hall–Kier alpha value is -2.04. The predicted molar refractivity (Wildman–Crippen MR) is 114 cm³/mol. The number of carbonyl (C=O) groups is 2. The molecule has 0 aliphatic rings. The van der Waals surface area contributed by atoms with Crippen molar-refractivity contribution >= 4 is 17.6 Å². The summed E-state index contributed by atoms with van der Waals surface area (Å²) in [6, 6.07) is 7.17. The van der Waals surface area contributed by atoms with Crippen molar-refractivity contribution in [1.82, 2.24) is 0 Å². The van der Waals surface area contributed by atoms with Crippen LogP contribution in [-0.2, 0) is 14.3 Å². The van der Waals surface area contributed by atoms with Crippen LogP contribution in [0.25, 0.3) is 0 Å². The van der Waals surface area contributed by atoms with E-state index in [1.165, 1.54) is 44.9 Å². The van der Waals surface area contributed by atoms with Gasteiger partial charge in [-0.05, 0) is 44.0 Å². The van der Waals surface area contributed by atoms with Crippen LogP contribution in [0.15, 0.2) is 24.3 Å². The molecule has 5 nitrogen and oxygen atoms in total. The van der Waals surface area contributed by atoms with Gasteiger partial charge in [0.2, 0.25) is 0 Å². The summed E-state index contributed by atoms with van der Waals surface area (Å²) in [7, 11) is 0. The SMILES string of the molecule is CCCCCCCCCCNc1ccc(C(=O)OC(CC)C(=O)OCC)cc1. The largest absolute Gasteiger partial charge is 0.463 e. The van der Waals surface area contributed by atoms with E-state index in [0.717, 1.165) is 18.7 Å². The number of esters is 2. The van der Waals surface area contributed by atoms with Crippen LogP contribution in [-0.4, -0.2) is 31.2 Å². The van der Waals surface area contributed by atoms with Gasteiger partial charge in [0, 0.05) is 12.2 Å². The number of benzene rings is 1. The summed E-state index contributed by atoms with van der Waals surface area (Å²) >= 11 is 0. The van der Waals surface area contributed by atoms with Crippen LogP contribution in [0.2, 0.25) is 0 Å². The minimum Gasteiger partial charge on any atom is -0.463 e. The number of nitrogens with one attached hydrogen (secondary N) is 1. The third-order valence-electron chi connectivity index (χ3n) is 4.65. The van der Waals surface area contributed by atoms with Crippen LogP contribution < -0.4 is 5.32 Å². The predicted octanol–water partition coefficient (Wildman–Crippen LogP) is 5.74. The summed E-state index contributed by atoms with van der Waals surface area (Å²) in [6.07, 6.45) is 9.94. The molecule has 0 aromatic heterocycles. The van der Waals surface area contributed by atoms with Gasteiger partial charge in [0.15, 0.2) is 6.10 Å². The van der Waals surface area contributed by atoms with Crippen LogP contribution in [0, 0.1) is 0 Å². The quantitative estimate of drug-likeness (QED) is 0.305. The lowest BCUT2D eigenvalue weighted by Crippen LogP contribution is -2.28. The summed E-state index contributed by atoms with van der Waals surface area (Å²) < 4.78 is 10.2. The highest BCUT2D eigenvalue weighted by Gasteiger charge is 2.22. The van der Waals surface area contributed by atoms with Crippen molar-refractivity contribution in [3.63, 3.8) is 0 Å². The third kappa shape index (κ3) is 9.77. The first-order valence-corrected chi connectivity index (χ1v) is 10.8. The molecule has 1 unspecified atom stereocenters. The summed E-state index contributed by atoms with van der Waals surface area (Å²) in [5, 5.41) is 3.38.